The minimum absolute atomic E-state index is 0.553. The zero-order chi connectivity index (χ0) is 36.1. The predicted molar refractivity (Wildman–Crippen MR) is 216 cm³/mol. The maximum atomic E-state index is 5.94. The van der Waals surface area contributed by atoms with Gasteiger partial charge in [-0.25, -0.2) is 0 Å². The second-order valence-corrected chi connectivity index (χ2v) is 14.8. The average molecular weight is 695 g/mol. The van der Waals surface area contributed by atoms with Crippen molar-refractivity contribution in [2.75, 3.05) is 28.4 Å². The van der Waals surface area contributed by atoms with Crippen LogP contribution < -0.4 is 18.9 Å². The lowest BCUT2D eigenvalue weighted by Gasteiger charge is -2.21. The maximum Gasteiger partial charge on any atom is 0.164 e. The van der Waals surface area contributed by atoms with E-state index in [1.165, 1.54) is 177 Å². The Balaban J connectivity index is 1.57. The zero-order valence-corrected chi connectivity index (χ0v) is 33.7. The highest BCUT2D eigenvalue weighted by Crippen LogP contribution is 2.39. The molecule has 0 radical (unpaired) electrons. The molecule has 0 fully saturated rings. The molecule has 0 heterocycles. The van der Waals surface area contributed by atoms with E-state index < -0.39 is 0 Å². The molecule has 0 aliphatic carbocycles. The molecule has 0 aromatic heterocycles. The molecule has 0 amide bonds. The Morgan fingerprint density at radius 3 is 1.36 bits per heavy atom. The van der Waals surface area contributed by atoms with Gasteiger partial charge in [-0.1, -0.05) is 173 Å². The molecule has 4 heteroatoms. The van der Waals surface area contributed by atoms with Crippen LogP contribution in [0.2, 0.25) is 0 Å². The summed E-state index contributed by atoms with van der Waals surface area (Å²) in [4.78, 5) is 0. The number of aryl methyl sites for hydroxylation is 1. The Labute approximate surface area is 309 Å². The summed E-state index contributed by atoms with van der Waals surface area (Å²) in [5, 5.41) is 0. The first-order valence-electron chi connectivity index (χ1n) is 21.0. The SMILES string of the molecule is CCCCCCCCCCCCCCCc1c([C@H](C)CCCCCCCCCCCCCc2cccc(OC)c2OC)ccc(OC)c1OC. The van der Waals surface area contributed by atoms with Gasteiger partial charge in [0.1, 0.15) is 0 Å². The number of para-hydroxylation sites is 1. The molecule has 0 unspecified atom stereocenters. The van der Waals surface area contributed by atoms with E-state index in [9.17, 15) is 0 Å². The molecule has 2 rings (SSSR count). The second-order valence-electron chi connectivity index (χ2n) is 14.8. The quantitative estimate of drug-likeness (QED) is 0.0697. The third kappa shape index (κ3) is 17.7. The van der Waals surface area contributed by atoms with Gasteiger partial charge in [0.25, 0.3) is 0 Å². The van der Waals surface area contributed by atoms with Crippen molar-refractivity contribution in [3.63, 3.8) is 0 Å². The molecular formula is C46H78O4. The van der Waals surface area contributed by atoms with Crippen LogP contribution in [0.4, 0.5) is 0 Å². The molecule has 286 valence electrons. The molecule has 0 spiro atoms. The van der Waals surface area contributed by atoms with E-state index in [4.69, 9.17) is 18.9 Å². The average Bonchev–Trinajstić information content (AvgIpc) is 3.14. The lowest BCUT2D eigenvalue weighted by molar-refractivity contribution is 0.350. The van der Waals surface area contributed by atoms with E-state index in [0.717, 1.165) is 35.8 Å². The van der Waals surface area contributed by atoms with Gasteiger partial charge in [-0.15, -0.1) is 0 Å². The Hall–Kier alpha value is -2.36. The highest BCUT2D eigenvalue weighted by Gasteiger charge is 2.18. The van der Waals surface area contributed by atoms with Crippen LogP contribution in [-0.4, -0.2) is 28.4 Å². The molecule has 1 atom stereocenters. The number of hydrogen-bond acceptors (Lipinski definition) is 4. The third-order valence-electron chi connectivity index (χ3n) is 10.8. The van der Waals surface area contributed by atoms with Gasteiger partial charge in [0.05, 0.1) is 28.4 Å². The van der Waals surface area contributed by atoms with Crippen LogP contribution >= 0.6 is 0 Å². The van der Waals surface area contributed by atoms with E-state index in [-0.39, 0.29) is 0 Å². The van der Waals surface area contributed by atoms with E-state index in [2.05, 4.69) is 38.1 Å². The van der Waals surface area contributed by atoms with Gasteiger partial charge >= 0.3 is 0 Å². The van der Waals surface area contributed by atoms with Crippen LogP contribution in [0.15, 0.2) is 30.3 Å². The predicted octanol–water partition coefficient (Wildman–Crippen LogP) is 14.4. The summed E-state index contributed by atoms with van der Waals surface area (Å²) in [5.74, 6) is 4.13. The van der Waals surface area contributed by atoms with Gasteiger partial charge in [-0.05, 0) is 61.3 Å². The van der Waals surface area contributed by atoms with Crippen molar-refractivity contribution < 1.29 is 18.9 Å². The molecular weight excluding hydrogens is 617 g/mol. The molecule has 0 bridgehead atoms. The number of hydrogen-bond donors (Lipinski definition) is 0. The van der Waals surface area contributed by atoms with Gasteiger partial charge in [-0.2, -0.15) is 0 Å². The summed E-state index contributed by atoms with van der Waals surface area (Å²) in [6.07, 6.45) is 36.2. The molecule has 4 nitrogen and oxygen atoms in total. The van der Waals surface area contributed by atoms with E-state index in [1.807, 2.05) is 6.07 Å². The molecule has 0 aliphatic rings. The smallest absolute Gasteiger partial charge is 0.164 e. The van der Waals surface area contributed by atoms with E-state index in [1.54, 1.807) is 28.4 Å². The second kappa shape index (κ2) is 29.2. The summed E-state index contributed by atoms with van der Waals surface area (Å²) >= 11 is 0. The standard InChI is InChI=1S/C46H78O4/c1-7-8-9-10-11-12-13-14-18-21-24-27-30-35-42-41(37-38-44(48-4)46(42)50-6)39(2)32-28-25-22-19-16-15-17-20-23-26-29-33-40-34-31-36-43(47-3)45(40)49-5/h31,34,36-39H,7-30,32-33,35H2,1-6H3/t39-/m1/s1. The maximum absolute atomic E-state index is 5.94. The fourth-order valence-electron chi connectivity index (χ4n) is 7.71. The topological polar surface area (TPSA) is 36.9 Å². The van der Waals surface area contributed by atoms with Crippen LogP contribution in [0, 0.1) is 0 Å². The Bertz CT molecular complexity index is 1100. The number of ether oxygens (including phenoxy) is 4. The summed E-state index contributed by atoms with van der Waals surface area (Å²) in [6, 6.07) is 10.6. The van der Waals surface area contributed by atoms with Crippen molar-refractivity contribution in [3.8, 4) is 23.0 Å². The van der Waals surface area contributed by atoms with Crippen LogP contribution in [-0.2, 0) is 12.8 Å². The zero-order valence-electron chi connectivity index (χ0n) is 33.7. The van der Waals surface area contributed by atoms with E-state index in [0.29, 0.717) is 5.92 Å². The lowest BCUT2D eigenvalue weighted by atomic mass is 9.88. The molecule has 0 aliphatic heterocycles. The van der Waals surface area contributed by atoms with Crippen LogP contribution in [0.25, 0.3) is 0 Å². The fourth-order valence-corrected chi connectivity index (χ4v) is 7.71. The van der Waals surface area contributed by atoms with Crippen molar-refractivity contribution in [3.05, 3.63) is 47.0 Å². The summed E-state index contributed by atoms with van der Waals surface area (Å²) in [5.41, 5.74) is 4.13. The first-order chi connectivity index (χ1) is 24.6. The summed E-state index contributed by atoms with van der Waals surface area (Å²) < 4.78 is 22.7. The van der Waals surface area contributed by atoms with Crippen LogP contribution in [0.1, 0.15) is 197 Å². The first kappa shape index (κ1) is 43.8. The van der Waals surface area contributed by atoms with Crippen molar-refractivity contribution in [2.24, 2.45) is 0 Å². The highest BCUT2D eigenvalue weighted by atomic mass is 16.5. The summed E-state index contributed by atoms with van der Waals surface area (Å²) in [6.45, 7) is 4.72. The van der Waals surface area contributed by atoms with Crippen molar-refractivity contribution in [1.29, 1.82) is 0 Å². The molecule has 50 heavy (non-hydrogen) atoms. The van der Waals surface area contributed by atoms with Crippen LogP contribution in [0.5, 0.6) is 23.0 Å². The number of methoxy groups -OCH3 is 4. The van der Waals surface area contributed by atoms with Gasteiger partial charge < -0.3 is 18.9 Å². The minimum atomic E-state index is 0.553. The van der Waals surface area contributed by atoms with Crippen molar-refractivity contribution in [2.45, 2.75) is 193 Å². The minimum Gasteiger partial charge on any atom is -0.493 e. The molecule has 2 aromatic rings. The number of unbranched alkanes of at least 4 members (excludes halogenated alkanes) is 22. The number of benzene rings is 2. The monoisotopic (exact) mass is 695 g/mol. The Kier molecular flexibility index (Phi) is 25.6. The highest BCUT2D eigenvalue weighted by molar-refractivity contribution is 5.52. The number of rotatable bonds is 33. The largest absolute Gasteiger partial charge is 0.493 e. The first-order valence-corrected chi connectivity index (χ1v) is 21.0. The van der Waals surface area contributed by atoms with Crippen molar-refractivity contribution in [1.82, 2.24) is 0 Å². The van der Waals surface area contributed by atoms with Crippen LogP contribution in [0.3, 0.4) is 0 Å². The van der Waals surface area contributed by atoms with Gasteiger partial charge in [-0.3, -0.25) is 0 Å². The normalized spacial score (nSPS) is 11.9. The van der Waals surface area contributed by atoms with Gasteiger partial charge in [0.2, 0.25) is 0 Å². The Morgan fingerprint density at radius 1 is 0.440 bits per heavy atom. The molecule has 0 saturated carbocycles. The molecule has 0 saturated heterocycles. The fraction of sp³-hybridized carbons (Fsp3) is 0.739. The lowest BCUT2D eigenvalue weighted by Crippen LogP contribution is -2.05. The molecule has 2 aromatic carbocycles. The van der Waals surface area contributed by atoms with Crippen molar-refractivity contribution >= 4 is 0 Å². The summed E-state index contributed by atoms with van der Waals surface area (Å²) in [7, 11) is 7.01. The van der Waals surface area contributed by atoms with Gasteiger partial charge in [0.15, 0.2) is 23.0 Å². The van der Waals surface area contributed by atoms with E-state index >= 15 is 0 Å². The molecule has 0 N–H and O–H groups in total. The van der Waals surface area contributed by atoms with Gasteiger partial charge in [0, 0.05) is 5.56 Å². The Morgan fingerprint density at radius 2 is 0.880 bits per heavy atom. The third-order valence-corrected chi connectivity index (χ3v) is 10.8.